The molecule has 0 atom stereocenters. The second-order valence-electron chi connectivity index (χ2n) is 10.0. The lowest BCUT2D eigenvalue weighted by Gasteiger charge is -2.12. The molecule has 0 aliphatic carbocycles. The summed E-state index contributed by atoms with van der Waals surface area (Å²) < 4.78 is 5.54. The zero-order valence-corrected chi connectivity index (χ0v) is 23.7. The van der Waals surface area contributed by atoms with E-state index >= 15 is 0 Å². The number of carbonyl (C=O) groups excluding carboxylic acids is 2. The summed E-state index contributed by atoms with van der Waals surface area (Å²) >= 11 is 0. The Morgan fingerprint density at radius 3 is 2.23 bits per heavy atom. The van der Waals surface area contributed by atoms with Crippen LogP contribution in [-0.2, 0) is 6.42 Å². The van der Waals surface area contributed by atoms with Crippen molar-refractivity contribution < 1.29 is 24.5 Å². The van der Waals surface area contributed by atoms with Gasteiger partial charge in [0, 0.05) is 37.3 Å². The molecule has 216 valence electrons. The van der Waals surface area contributed by atoms with Crippen molar-refractivity contribution in [2.75, 3.05) is 25.5 Å². The Morgan fingerprint density at radius 2 is 1.53 bits per heavy atom. The zero-order valence-electron chi connectivity index (χ0n) is 23.7. The van der Waals surface area contributed by atoms with Crippen molar-refractivity contribution in [3.63, 3.8) is 0 Å². The van der Waals surface area contributed by atoms with Crippen LogP contribution in [0.4, 0.5) is 17.1 Å². The summed E-state index contributed by atoms with van der Waals surface area (Å²) in [5, 5.41) is 33.2. The lowest BCUT2D eigenvalue weighted by atomic mass is 10.0. The maximum absolute atomic E-state index is 13.2. The minimum absolute atomic E-state index is 0.0633. The molecule has 0 fully saturated rings. The number of nitrogens with zero attached hydrogens (tertiary/aromatic N) is 3. The monoisotopic (exact) mass is 574 g/mol. The smallest absolute Gasteiger partial charge is 0.347 e. The van der Waals surface area contributed by atoms with Gasteiger partial charge in [0.1, 0.15) is 22.7 Å². The Kier molecular flexibility index (Phi) is 8.62. The number of rotatable bonds is 9. The Morgan fingerprint density at radius 1 is 0.837 bits per heavy atom. The van der Waals surface area contributed by atoms with Gasteiger partial charge < -0.3 is 25.2 Å². The summed E-state index contributed by atoms with van der Waals surface area (Å²) in [5.74, 6) is -0.988. The average molecular weight is 575 g/mol. The van der Waals surface area contributed by atoms with E-state index < -0.39 is 5.97 Å². The summed E-state index contributed by atoms with van der Waals surface area (Å²) in [5.41, 5.74) is 3.08. The standard InChI is InChI=1S/C34H30N4O5/c1-38(2)26-13-11-25(12-14-26)36-37-31-29-6-4-3-5-24(29)21-30(32(31)40)34(42)43-28-17-9-23(10-18-28)33(41)35-20-19-22-7-15-27(39)16-8-22/h3-18,21,39-40H,19-20H2,1-2H3,(H,35,41)/b37-36+. The van der Waals surface area contributed by atoms with E-state index in [0.717, 1.165) is 11.3 Å². The molecule has 0 aromatic heterocycles. The molecule has 5 rings (SSSR count). The van der Waals surface area contributed by atoms with Crippen molar-refractivity contribution in [2.24, 2.45) is 10.2 Å². The number of hydrogen-bond acceptors (Lipinski definition) is 8. The van der Waals surface area contributed by atoms with Crippen LogP contribution in [0.15, 0.2) is 113 Å². The molecule has 9 nitrogen and oxygen atoms in total. The van der Waals surface area contributed by atoms with Gasteiger partial charge in [0.15, 0.2) is 5.75 Å². The van der Waals surface area contributed by atoms with Crippen LogP contribution in [0.3, 0.4) is 0 Å². The molecule has 5 aromatic carbocycles. The highest BCUT2D eigenvalue weighted by molar-refractivity contribution is 6.05. The van der Waals surface area contributed by atoms with Crippen molar-refractivity contribution in [1.29, 1.82) is 0 Å². The number of fused-ring (bicyclic) bond motifs is 1. The van der Waals surface area contributed by atoms with Crippen LogP contribution in [-0.4, -0.2) is 42.7 Å². The third-order valence-electron chi connectivity index (χ3n) is 6.81. The first-order chi connectivity index (χ1) is 20.8. The summed E-state index contributed by atoms with van der Waals surface area (Å²) in [6.45, 7) is 0.419. The van der Waals surface area contributed by atoms with Crippen molar-refractivity contribution in [3.05, 3.63) is 120 Å². The van der Waals surface area contributed by atoms with Gasteiger partial charge in [-0.2, -0.15) is 5.11 Å². The number of nitrogens with one attached hydrogen (secondary N) is 1. The van der Waals surface area contributed by atoms with Crippen molar-refractivity contribution in [3.8, 4) is 17.2 Å². The highest BCUT2D eigenvalue weighted by atomic mass is 16.5. The van der Waals surface area contributed by atoms with Crippen LogP contribution in [0.1, 0.15) is 26.3 Å². The molecule has 3 N–H and O–H groups in total. The number of hydrogen-bond donors (Lipinski definition) is 3. The van der Waals surface area contributed by atoms with E-state index in [1.54, 1.807) is 48.5 Å². The molecule has 0 saturated carbocycles. The topological polar surface area (TPSA) is 124 Å². The van der Waals surface area contributed by atoms with E-state index in [9.17, 15) is 19.8 Å². The fourth-order valence-corrected chi connectivity index (χ4v) is 4.42. The molecule has 0 unspecified atom stereocenters. The Labute approximate surface area is 248 Å². The van der Waals surface area contributed by atoms with Crippen molar-refractivity contribution in [2.45, 2.75) is 6.42 Å². The number of azo groups is 1. The second-order valence-corrected chi connectivity index (χ2v) is 10.0. The van der Waals surface area contributed by atoms with Crippen LogP contribution in [0.25, 0.3) is 10.8 Å². The molecule has 9 heteroatoms. The van der Waals surface area contributed by atoms with Gasteiger partial charge in [-0.25, -0.2) is 4.79 Å². The van der Waals surface area contributed by atoms with Gasteiger partial charge in [0.25, 0.3) is 5.91 Å². The maximum atomic E-state index is 13.2. The predicted octanol–water partition coefficient (Wildman–Crippen LogP) is 6.92. The first-order valence-corrected chi connectivity index (χ1v) is 13.6. The first-order valence-electron chi connectivity index (χ1n) is 13.6. The molecule has 0 aliphatic heterocycles. The SMILES string of the molecule is CN(C)c1ccc(/N=N/c2c(O)c(C(=O)Oc3ccc(C(=O)NCCc4ccc(O)cc4)cc3)cc3ccccc23)cc1. The van der Waals surface area contributed by atoms with Gasteiger partial charge in [-0.15, -0.1) is 5.11 Å². The van der Waals surface area contributed by atoms with E-state index in [-0.39, 0.29) is 34.4 Å². The zero-order chi connectivity index (χ0) is 30.3. The van der Waals surface area contributed by atoms with Gasteiger partial charge in [0.2, 0.25) is 0 Å². The number of aromatic hydroxyl groups is 2. The Bertz CT molecular complexity index is 1780. The lowest BCUT2D eigenvalue weighted by Crippen LogP contribution is -2.25. The number of ether oxygens (including phenoxy) is 1. The molecule has 5 aromatic rings. The molecular weight excluding hydrogens is 544 g/mol. The normalized spacial score (nSPS) is 11.0. The quantitative estimate of drug-likeness (QED) is 0.0997. The summed E-state index contributed by atoms with van der Waals surface area (Å²) in [6.07, 6.45) is 0.612. The van der Waals surface area contributed by atoms with Crippen molar-refractivity contribution >= 4 is 39.7 Å². The van der Waals surface area contributed by atoms with Gasteiger partial charge in [0.05, 0.1) is 5.69 Å². The lowest BCUT2D eigenvalue weighted by molar-refractivity contribution is 0.0732. The minimum atomic E-state index is -0.777. The molecule has 43 heavy (non-hydrogen) atoms. The second kappa shape index (κ2) is 12.9. The maximum Gasteiger partial charge on any atom is 0.347 e. The van der Waals surface area contributed by atoms with Gasteiger partial charge in [-0.05, 0) is 84.1 Å². The fourth-order valence-electron chi connectivity index (χ4n) is 4.42. The number of esters is 1. The minimum Gasteiger partial charge on any atom is -0.508 e. The Balaban J connectivity index is 1.29. The predicted molar refractivity (Wildman–Crippen MR) is 166 cm³/mol. The van der Waals surface area contributed by atoms with Gasteiger partial charge in [-0.1, -0.05) is 36.4 Å². The number of amides is 1. The van der Waals surface area contributed by atoms with Gasteiger partial charge >= 0.3 is 5.97 Å². The molecule has 0 saturated heterocycles. The largest absolute Gasteiger partial charge is 0.508 e. The summed E-state index contributed by atoms with van der Waals surface area (Å²) in [4.78, 5) is 27.7. The summed E-state index contributed by atoms with van der Waals surface area (Å²) in [7, 11) is 3.89. The third-order valence-corrected chi connectivity index (χ3v) is 6.81. The average Bonchev–Trinajstić information content (AvgIpc) is 3.01. The molecule has 0 heterocycles. The number of phenols is 2. The van der Waals surface area contributed by atoms with Crippen LogP contribution < -0.4 is 15.0 Å². The number of benzene rings is 5. The molecule has 0 spiro atoms. The third kappa shape index (κ3) is 6.97. The van der Waals surface area contributed by atoms with E-state index in [1.807, 2.05) is 61.5 Å². The van der Waals surface area contributed by atoms with Crippen LogP contribution in [0.2, 0.25) is 0 Å². The molecule has 0 aliphatic rings. The molecule has 0 bridgehead atoms. The van der Waals surface area contributed by atoms with E-state index in [1.165, 1.54) is 12.1 Å². The molecule has 0 radical (unpaired) electrons. The van der Waals surface area contributed by atoms with E-state index in [2.05, 4.69) is 15.5 Å². The van der Waals surface area contributed by atoms with E-state index in [0.29, 0.717) is 35.0 Å². The first kappa shape index (κ1) is 28.8. The van der Waals surface area contributed by atoms with Crippen molar-refractivity contribution in [1.82, 2.24) is 5.32 Å². The number of phenolic OH excluding ortho intramolecular Hbond substituents is 2. The summed E-state index contributed by atoms with van der Waals surface area (Å²) in [6, 6.07) is 29.2. The Hall–Kier alpha value is -5.70. The number of anilines is 1. The van der Waals surface area contributed by atoms with Gasteiger partial charge in [-0.3, -0.25) is 4.79 Å². The van der Waals surface area contributed by atoms with Crippen LogP contribution in [0.5, 0.6) is 17.2 Å². The number of carbonyl (C=O) groups is 2. The van der Waals surface area contributed by atoms with Crippen LogP contribution in [0, 0.1) is 0 Å². The molecule has 1 amide bonds. The fraction of sp³-hybridized carbons (Fsp3) is 0.118. The van der Waals surface area contributed by atoms with E-state index in [4.69, 9.17) is 4.74 Å². The van der Waals surface area contributed by atoms with Crippen LogP contribution >= 0.6 is 0 Å². The molecular formula is C34H30N4O5. The highest BCUT2D eigenvalue weighted by Gasteiger charge is 2.20. The highest BCUT2D eigenvalue weighted by Crippen LogP contribution is 2.40.